The van der Waals surface area contributed by atoms with Crippen LogP contribution >= 0.6 is 54.1 Å². The molecule has 0 spiro atoms. The molecule has 13 heteroatoms. The number of ether oxygens (including phenoxy) is 1. The number of hydrogen-bond acceptors (Lipinski definition) is 4. The van der Waals surface area contributed by atoms with Gasteiger partial charge in [-0.1, -0.05) is 80.4 Å². The Morgan fingerprint density at radius 1 is 1.05 bits per heavy atom. The third-order valence-electron chi connectivity index (χ3n) is 5.04. The molecule has 1 heterocycles. The molecule has 0 bridgehead atoms. The van der Waals surface area contributed by atoms with Gasteiger partial charge in [0, 0.05) is 35.8 Å². The maximum atomic E-state index is 12.0. The molecule has 3 aromatic carbocycles. The van der Waals surface area contributed by atoms with Crippen LogP contribution in [-0.2, 0) is 20.8 Å². The van der Waals surface area contributed by atoms with E-state index in [1.54, 1.807) is 16.7 Å². The highest BCUT2D eigenvalue weighted by atomic mass is 79.9. The van der Waals surface area contributed by atoms with Crippen LogP contribution in [0.1, 0.15) is 22.3 Å². The fourth-order valence-electron chi connectivity index (χ4n) is 3.05. The largest absolute Gasteiger partial charge is 0.465 e. The van der Waals surface area contributed by atoms with Crippen LogP contribution in [0, 0.1) is 6.57 Å². The maximum Gasteiger partial charge on any atom is 0.337 e. The zero-order valence-electron chi connectivity index (χ0n) is 20.8. The maximum absolute atomic E-state index is 12.0. The van der Waals surface area contributed by atoms with Gasteiger partial charge in [-0.15, -0.1) is 0 Å². The monoisotopic (exact) mass is 734 g/mol. The van der Waals surface area contributed by atoms with E-state index in [1.165, 1.54) is 7.11 Å². The van der Waals surface area contributed by atoms with Crippen LogP contribution in [0.4, 0.5) is 14.6 Å². The molecule has 0 saturated carbocycles. The van der Waals surface area contributed by atoms with Gasteiger partial charge in [0.05, 0.1) is 30.8 Å². The van der Waals surface area contributed by atoms with Crippen LogP contribution in [0.2, 0.25) is 5.02 Å². The summed E-state index contributed by atoms with van der Waals surface area (Å²) in [6.07, 6.45) is -0.760. The topological polar surface area (TPSA) is 69.7 Å². The lowest BCUT2D eigenvalue weighted by atomic mass is 10.0. The Bertz CT molecular complexity index is 1600. The molecule has 210 valence electrons. The van der Waals surface area contributed by atoms with E-state index >= 15 is 0 Å². The van der Waals surface area contributed by atoms with Crippen molar-refractivity contribution in [2.45, 2.75) is 11.3 Å². The summed E-state index contributed by atoms with van der Waals surface area (Å²) < 4.78 is 53.7. The number of alkyl halides is 2. The van der Waals surface area contributed by atoms with Gasteiger partial charge in [0.25, 0.3) is 15.5 Å². The molecule has 1 aromatic heterocycles. The third kappa shape index (κ3) is 9.71. The number of aromatic nitrogens is 1. The molecule has 0 amide bonds. The quantitative estimate of drug-likeness (QED) is 0.119. The lowest BCUT2D eigenvalue weighted by Gasteiger charge is -2.07. The highest BCUT2D eigenvalue weighted by molar-refractivity contribution is 9.10. The Kier molecular flexibility index (Phi) is 12.8. The summed E-state index contributed by atoms with van der Waals surface area (Å²) >= 11 is 12.9. The fourth-order valence-corrected chi connectivity index (χ4v) is 4.99. The lowest BCUT2D eigenvalue weighted by Crippen LogP contribution is -2.00. The van der Waals surface area contributed by atoms with Crippen molar-refractivity contribution in [3.63, 3.8) is 0 Å². The number of methoxy groups -OCH3 is 1. The Balaban J connectivity index is 0.000000224. The first kappa shape index (κ1) is 33.5. The number of benzene rings is 3. The molecule has 0 radical (unpaired) electrons. The standard InChI is InChI=1S/C14H10BrClO2.C7H5ClF2O2S.C6H5BrN2/c1-18-14(17)10-5-6-12(13(16)8-10)9-3-2-4-11(15)7-9;8-13(11,12)6-3-1-5(2-4-6)7(9)10;1-8-6-5(7)3-4-9(6)2/h2-8H,1H3;1-4,7H;3-4H,2H3. The summed E-state index contributed by atoms with van der Waals surface area (Å²) in [5, 5.41) is 0.524. The van der Waals surface area contributed by atoms with E-state index in [2.05, 4.69) is 41.4 Å². The molecule has 4 rings (SSSR count). The SMILES string of the molecule is COC(=O)c1ccc(-c2cccc(Br)c2)c(Cl)c1.O=S(=O)(Cl)c1ccc(C(F)F)cc1.[C-]#[N+]c1c(Br)ccn1C. The van der Waals surface area contributed by atoms with E-state index in [0.717, 1.165) is 44.3 Å². The van der Waals surface area contributed by atoms with Crippen molar-refractivity contribution in [3.05, 3.63) is 116 Å². The minimum atomic E-state index is -3.82. The summed E-state index contributed by atoms with van der Waals surface area (Å²) in [5.41, 5.74) is 2.08. The van der Waals surface area contributed by atoms with E-state index in [9.17, 15) is 22.0 Å². The third-order valence-corrected chi connectivity index (χ3v) is 7.83. The van der Waals surface area contributed by atoms with Crippen molar-refractivity contribution in [1.29, 1.82) is 0 Å². The molecular weight excluding hydrogens is 717 g/mol. The Morgan fingerprint density at radius 2 is 1.70 bits per heavy atom. The number of nitrogens with zero attached hydrogens (tertiary/aromatic N) is 2. The zero-order chi connectivity index (χ0) is 30.0. The van der Waals surface area contributed by atoms with Gasteiger partial charge in [-0.3, -0.25) is 0 Å². The smallest absolute Gasteiger partial charge is 0.337 e. The molecule has 0 atom stereocenters. The normalized spacial score (nSPS) is 10.5. The molecular formula is C27H20Br2Cl2F2N2O4S. The molecule has 0 aliphatic carbocycles. The summed E-state index contributed by atoms with van der Waals surface area (Å²) in [5.74, 6) is 0.257. The Hall–Kier alpha value is -2.75. The number of aryl methyl sites for hydroxylation is 1. The number of esters is 1. The summed E-state index contributed by atoms with van der Waals surface area (Å²) in [4.78, 5) is 14.5. The zero-order valence-corrected chi connectivity index (χ0v) is 26.3. The van der Waals surface area contributed by atoms with Gasteiger partial charge in [-0.2, -0.15) is 0 Å². The minimum Gasteiger partial charge on any atom is -0.465 e. The van der Waals surface area contributed by atoms with E-state index in [4.69, 9.17) is 28.9 Å². The number of carbonyl (C=O) groups is 1. The van der Waals surface area contributed by atoms with Crippen molar-refractivity contribution in [3.8, 4) is 11.1 Å². The van der Waals surface area contributed by atoms with Crippen molar-refractivity contribution in [2.24, 2.45) is 7.05 Å². The molecule has 0 aliphatic rings. The highest BCUT2D eigenvalue weighted by Gasteiger charge is 2.12. The molecule has 0 N–H and O–H groups in total. The molecule has 0 aliphatic heterocycles. The van der Waals surface area contributed by atoms with E-state index in [1.807, 2.05) is 49.6 Å². The van der Waals surface area contributed by atoms with Crippen molar-refractivity contribution < 1.29 is 26.7 Å². The van der Waals surface area contributed by atoms with Crippen LogP contribution < -0.4 is 0 Å². The van der Waals surface area contributed by atoms with E-state index in [-0.39, 0.29) is 10.5 Å². The molecule has 40 heavy (non-hydrogen) atoms. The summed E-state index contributed by atoms with van der Waals surface area (Å²) in [6.45, 7) is 6.72. The van der Waals surface area contributed by atoms with Gasteiger partial charge >= 0.3 is 5.97 Å². The second kappa shape index (κ2) is 15.3. The first-order valence-corrected chi connectivity index (χ1v) is 15.2. The van der Waals surface area contributed by atoms with Crippen LogP contribution in [0.25, 0.3) is 16.0 Å². The van der Waals surface area contributed by atoms with Crippen LogP contribution in [-0.4, -0.2) is 26.1 Å². The van der Waals surface area contributed by atoms with Crippen molar-refractivity contribution in [2.75, 3.05) is 7.11 Å². The van der Waals surface area contributed by atoms with Gasteiger partial charge in [-0.05, 0) is 48.0 Å². The van der Waals surface area contributed by atoms with Crippen LogP contribution in [0.3, 0.4) is 0 Å². The van der Waals surface area contributed by atoms with Crippen LogP contribution in [0.15, 0.2) is 92.8 Å². The lowest BCUT2D eigenvalue weighted by molar-refractivity contribution is 0.0600. The highest BCUT2D eigenvalue weighted by Crippen LogP contribution is 2.30. The minimum absolute atomic E-state index is 0.182. The van der Waals surface area contributed by atoms with E-state index < -0.39 is 21.4 Å². The molecule has 6 nitrogen and oxygen atoms in total. The molecule has 0 saturated heterocycles. The Morgan fingerprint density at radius 3 is 2.12 bits per heavy atom. The van der Waals surface area contributed by atoms with Gasteiger partial charge in [0.2, 0.25) is 5.82 Å². The average molecular weight is 737 g/mol. The van der Waals surface area contributed by atoms with Gasteiger partial charge in [-0.25, -0.2) is 22.0 Å². The molecule has 4 aromatic rings. The molecule has 0 fully saturated rings. The second-order valence-corrected chi connectivity index (χ2v) is 12.5. The van der Waals surface area contributed by atoms with Crippen LogP contribution in [0.5, 0.6) is 0 Å². The van der Waals surface area contributed by atoms with Gasteiger partial charge in [0.15, 0.2) is 0 Å². The number of carbonyl (C=O) groups excluding carboxylic acids is 1. The van der Waals surface area contributed by atoms with Gasteiger partial charge in [0.1, 0.15) is 0 Å². The summed E-state index contributed by atoms with van der Waals surface area (Å²) in [6, 6.07) is 18.9. The number of rotatable bonds is 4. The predicted molar refractivity (Wildman–Crippen MR) is 160 cm³/mol. The summed E-state index contributed by atoms with van der Waals surface area (Å²) in [7, 11) is 4.35. The van der Waals surface area contributed by atoms with Crippen molar-refractivity contribution >= 4 is 75.0 Å². The second-order valence-electron chi connectivity index (χ2n) is 7.71. The number of halogens is 6. The fraction of sp³-hybridized carbons (Fsp3) is 0.111. The first-order chi connectivity index (χ1) is 18.8. The number of hydrogen-bond donors (Lipinski definition) is 0. The first-order valence-electron chi connectivity index (χ1n) is 10.9. The average Bonchev–Trinajstić information content (AvgIpc) is 3.25. The predicted octanol–water partition coefficient (Wildman–Crippen LogP) is 9.45. The van der Waals surface area contributed by atoms with Gasteiger partial charge < -0.3 is 14.1 Å². The molecule has 0 unspecified atom stereocenters. The van der Waals surface area contributed by atoms with E-state index in [0.29, 0.717) is 16.4 Å². The Labute approximate surface area is 257 Å². The van der Waals surface area contributed by atoms with Crippen molar-refractivity contribution in [1.82, 2.24) is 4.57 Å².